The Balaban J connectivity index is 1.41. The Morgan fingerprint density at radius 1 is 1.28 bits per heavy atom. The number of H-pyrrole nitrogens is 1. The van der Waals surface area contributed by atoms with Crippen molar-refractivity contribution in [3.63, 3.8) is 0 Å². The summed E-state index contributed by atoms with van der Waals surface area (Å²) < 4.78 is 15.1. The van der Waals surface area contributed by atoms with Crippen LogP contribution in [0.15, 0.2) is 60.0 Å². The van der Waals surface area contributed by atoms with Crippen LogP contribution in [0.4, 0.5) is 10.1 Å². The van der Waals surface area contributed by atoms with Crippen LogP contribution in [0, 0.1) is 18.2 Å². The van der Waals surface area contributed by atoms with Crippen LogP contribution in [-0.2, 0) is 6.42 Å². The van der Waals surface area contributed by atoms with Crippen LogP contribution in [0.3, 0.4) is 0 Å². The normalized spacial score (nSPS) is 14.6. The molecule has 1 aliphatic rings. The smallest absolute Gasteiger partial charge is 0.260 e. The van der Waals surface area contributed by atoms with Crippen LogP contribution in [0.2, 0.25) is 0 Å². The Morgan fingerprint density at radius 3 is 2.81 bits per heavy atom. The molecule has 1 aromatic carbocycles. The molecule has 0 fully saturated rings. The predicted octanol–water partition coefficient (Wildman–Crippen LogP) is 3.85. The van der Waals surface area contributed by atoms with Crippen molar-refractivity contribution >= 4 is 23.8 Å². The number of aliphatic imine (C=N–C) groups is 1. The summed E-state index contributed by atoms with van der Waals surface area (Å²) in [5, 5.41) is 11.6. The Kier molecular flexibility index (Phi) is 5.93. The van der Waals surface area contributed by atoms with E-state index in [9.17, 15) is 9.18 Å². The van der Waals surface area contributed by atoms with E-state index in [1.165, 1.54) is 12.1 Å². The number of hydrogen-bond donors (Lipinski definition) is 3. The number of nitrogens with zero attached hydrogens (tertiary/aromatic N) is 5. The van der Waals surface area contributed by atoms with E-state index in [0.717, 1.165) is 34.4 Å². The number of aromatic amines is 1. The highest BCUT2D eigenvalue weighted by Crippen LogP contribution is 2.29. The van der Waals surface area contributed by atoms with Crippen molar-refractivity contribution in [2.75, 3.05) is 11.4 Å². The second-order valence-corrected chi connectivity index (χ2v) is 8.72. The van der Waals surface area contributed by atoms with Gasteiger partial charge in [-0.2, -0.15) is 5.10 Å². The summed E-state index contributed by atoms with van der Waals surface area (Å²) in [5.74, 6) is -0.215. The summed E-state index contributed by atoms with van der Waals surface area (Å²) in [6.45, 7) is 4.36. The number of aryl methyl sites for hydroxylation is 1. The van der Waals surface area contributed by atoms with Gasteiger partial charge in [-0.3, -0.25) is 19.9 Å². The van der Waals surface area contributed by atoms with E-state index < -0.39 is 0 Å². The number of aromatic nitrogens is 4. The monoisotopic (exact) mass is 484 g/mol. The van der Waals surface area contributed by atoms with E-state index in [1.54, 1.807) is 34.1 Å². The Morgan fingerprint density at radius 2 is 2.06 bits per heavy atom. The van der Waals surface area contributed by atoms with Crippen molar-refractivity contribution in [3.8, 4) is 11.3 Å². The molecule has 4 N–H and O–H groups in total. The number of nitrogens with two attached hydrogens (primary N) is 1. The summed E-state index contributed by atoms with van der Waals surface area (Å²) in [6.07, 6.45) is 6.76. The molecule has 4 aromatic rings. The molecule has 3 aromatic heterocycles. The summed E-state index contributed by atoms with van der Waals surface area (Å²) in [6, 6.07) is 9.95. The molecular formula is C26H25FN8O. The minimum atomic E-state index is -0.286. The van der Waals surface area contributed by atoms with Crippen LogP contribution in [0.1, 0.15) is 45.8 Å². The number of benzene rings is 1. The topological polar surface area (TPSA) is 129 Å². The summed E-state index contributed by atoms with van der Waals surface area (Å²) in [4.78, 5) is 26.8. The summed E-state index contributed by atoms with van der Waals surface area (Å²) in [5.41, 5.74) is 11.9. The van der Waals surface area contributed by atoms with Crippen LogP contribution in [0.25, 0.3) is 11.3 Å². The first kappa shape index (κ1) is 23.2. The summed E-state index contributed by atoms with van der Waals surface area (Å²) >= 11 is 0. The lowest BCUT2D eigenvalue weighted by Gasteiger charge is -2.27. The number of carbonyl (C=O) groups is 1. The van der Waals surface area contributed by atoms with Gasteiger partial charge in [0.25, 0.3) is 5.91 Å². The molecule has 0 aliphatic carbocycles. The maximum Gasteiger partial charge on any atom is 0.260 e. The molecule has 10 heteroatoms. The van der Waals surface area contributed by atoms with Crippen molar-refractivity contribution in [1.82, 2.24) is 19.7 Å². The maximum atomic E-state index is 13.5. The zero-order valence-electron chi connectivity index (χ0n) is 19.9. The van der Waals surface area contributed by atoms with E-state index in [0.29, 0.717) is 29.9 Å². The molecule has 9 nitrogen and oxygen atoms in total. The van der Waals surface area contributed by atoms with Gasteiger partial charge in [-0.25, -0.2) is 9.38 Å². The number of hydrogen-bond acceptors (Lipinski definition) is 4. The highest BCUT2D eigenvalue weighted by Gasteiger charge is 2.28. The van der Waals surface area contributed by atoms with Crippen LogP contribution in [0.5, 0.6) is 0 Å². The minimum Gasteiger partial charge on any atom is -0.382 e. The largest absolute Gasteiger partial charge is 0.382 e. The van der Waals surface area contributed by atoms with Crippen molar-refractivity contribution in [1.29, 1.82) is 5.41 Å². The van der Waals surface area contributed by atoms with Crippen molar-refractivity contribution < 1.29 is 9.18 Å². The molecule has 1 unspecified atom stereocenters. The van der Waals surface area contributed by atoms with Crippen molar-refractivity contribution in [2.24, 2.45) is 10.7 Å². The van der Waals surface area contributed by atoms with E-state index in [4.69, 9.17) is 11.1 Å². The molecule has 1 atom stereocenters. The highest BCUT2D eigenvalue weighted by atomic mass is 19.1. The second-order valence-electron chi connectivity index (χ2n) is 8.72. The third-order valence-corrected chi connectivity index (χ3v) is 6.45. The summed E-state index contributed by atoms with van der Waals surface area (Å²) in [7, 11) is 0. The van der Waals surface area contributed by atoms with Gasteiger partial charge in [0.05, 0.1) is 34.9 Å². The van der Waals surface area contributed by atoms with E-state index in [-0.39, 0.29) is 23.6 Å². The molecule has 36 heavy (non-hydrogen) atoms. The molecule has 4 heterocycles. The van der Waals surface area contributed by atoms with Gasteiger partial charge in [0.1, 0.15) is 18.0 Å². The molecule has 5 rings (SSSR count). The molecule has 0 bridgehead atoms. The van der Waals surface area contributed by atoms with Gasteiger partial charge in [0, 0.05) is 36.6 Å². The predicted molar refractivity (Wildman–Crippen MR) is 136 cm³/mol. The Bertz CT molecular complexity index is 1480. The number of halogens is 1. The number of pyridine rings is 1. The van der Waals surface area contributed by atoms with Crippen molar-refractivity contribution in [3.05, 3.63) is 88.9 Å². The maximum absolute atomic E-state index is 13.5. The SMILES string of the molecule is Cc1cc(-c2cnc3c(c2)C(=O)N(c2cnn(C(C)c4ccc(F)cc4)c2)CC3)[nH]c1C(N)=NC=N. The number of amides is 1. The fraction of sp³-hybridized carbons (Fsp3) is 0.192. The van der Waals surface area contributed by atoms with Gasteiger partial charge in [-0.15, -0.1) is 0 Å². The van der Waals surface area contributed by atoms with Gasteiger partial charge in [-0.05, 0) is 49.2 Å². The first-order valence-electron chi connectivity index (χ1n) is 11.5. The number of rotatable bonds is 6. The molecule has 1 amide bonds. The number of fused-ring (bicyclic) bond motifs is 1. The van der Waals surface area contributed by atoms with E-state index in [2.05, 4.69) is 20.1 Å². The number of nitrogens with one attached hydrogen (secondary N) is 2. The van der Waals surface area contributed by atoms with Gasteiger partial charge in [0.15, 0.2) is 0 Å². The van der Waals surface area contributed by atoms with Crippen LogP contribution < -0.4 is 10.6 Å². The number of amidine groups is 1. The molecule has 1 aliphatic heterocycles. The molecule has 0 spiro atoms. The third kappa shape index (κ3) is 4.17. The number of anilines is 1. The molecule has 182 valence electrons. The van der Waals surface area contributed by atoms with Gasteiger partial charge < -0.3 is 15.6 Å². The lowest BCUT2D eigenvalue weighted by molar-refractivity contribution is 0.0980. The first-order valence-corrected chi connectivity index (χ1v) is 11.5. The Labute approximate surface area is 207 Å². The minimum absolute atomic E-state index is 0.117. The van der Waals surface area contributed by atoms with E-state index >= 15 is 0 Å². The fourth-order valence-electron chi connectivity index (χ4n) is 4.42. The molecule has 0 saturated heterocycles. The standard InChI is InChI=1S/C26H25FN8O/c1-15-9-23(33-24(15)25(29)31-14-28)18-10-21-22(30-11-18)7-8-34(26(21)36)20-12-32-35(13-20)16(2)17-3-5-19(27)6-4-17/h3-6,9-14,16,33H,7-8H2,1-2H3,(H3,28,29,31). The number of carbonyl (C=O) groups excluding carboxylic acids is 1. The average molecular weight is 485 g/mol. The highest BCUT2D eigenvalue weighted by molar-refractivity contribution is 6.08. The lowest BCUT2D eigenvalue weighted by Crippen LogP contribution is -2.38. The second kappa shape index (κ2) is 9.21. The zero-order valence-corrected chi connectivity index (χ0v) is 19.9. The van der Waals surface area contributed by atoms with Gasteiger partial charge in [0.2, 0.25) is 0 Å². The van der Waals surface area contributed by atoms with Gasteiger partial charge in [-0.1, -0.05) is 12.1 Å². The van der Waals surface area contributed by atoms with E-state index in [1.807, 2.05) is 32.2 Å². The quantitative estimate of drug-likeness (QED) is 0.284. The molecule has 0 radical (unpaired) electrons. The van der Waals surface area contributed by atoms with Crippen LogP contribution >= 0.6 is 0 Å². The molecule has 0 saturated carbocycles. The fourth-order valence-corrected chi connectivity index (χ4v) is 4.42. The average Bonchev–Trinajstić information content (AvgIpc) is 3.52. The van der Waals surface area contributed by atoms with Gasteiger partial charge >= 0.3 is 0 Å². The zero-order chi connectivity index (χ0) is 25.4. The third-order valence-electron chi connectivity index (χ3n) is 6.45. The van der Waals surface area contributed by atoms with Crippen LogP contribution in [-0.4, -0.2) is 44.4 Å². The Hall–Kier alpha value is -4.60. The first-order chi connectivity index (χ1) is 17.4. The molecular weight excluding hydrogens is 459 g/mol. The van der Waals surface area contributed by atoms with Crippen molar-refractivity contribution in [2.45, 2.75) is 26.3 Å². The lowest BCUT2D eigenvalue weighted by atomic mass is 10.0.